The number of hydrogen-bond donors (Lipinski definition) is 0. The summed E-state index contributed by atoms with van der Waals surface area (Å²) in [6.45, 7) is 8.82. The van der Waals surface area contributed by atoms with Gasteiger partial charge in [-0.05, 0) is 27.7 Å². The van der Waals surface area contributed by atoms with Gasteiger partial charge in [-0.15, -0.1) is 0 Å². The van der Waals surface area contributed by atoms with Crippen molar-refractivity contribution in [3.63, 3.8) is 0 Å². The second-order valence-corrected chi connectivity index (χ2v) is 6.18. The smallest absolute Gasteiger partial charge is 0.307 e. The number of carbonyl (C=O) groups excluding carboxylic acids is 1. The molecule has 0 aromatic heterocycles. The molecule has 0 bridgehead atoms. The van der Waals surface area contributed by atoms with Crippen LogP contribution in [0.5, 0.6) is 0 Å². The van der Waals surface area contributed by atoms with E-state index in [9.17, 15) is 4.79 Å². The molecule has 0 aromatic carbocycles. The van der Waals surface area contributed by atoms with E-state index < -0.39 is 36.0 Å². The van der Waals surface area contributed by atoms with Gasteiger partial charge in [0.25, 0.3) is 0 Å². The summed E-state index contributed by atoms with van der Waals surface area (Å²) in [6.07, 6.45) is -1.67. The first-order valence-electron chi connectivity index (χ1n) is 6.93. The van der Waals surface area contributed by atoms with Gasteiger partial charge in [0.15, 0.2) is 29.2 Å². The molecule has 2 saturated heterocycles. The molecule has 7 nitrogen and oxygen atoms in total. The van der Waals surface area contributed by atoms with Crippen LogP contribution in [0, 0.1) is 0 Å². The first-order chi connectivity index (χ1) is 9.67. The minimum Gasteiger partial charge on any atom is -0.459 e. The van der Waals surface area contributed by atoms with Crippen LogP contribution in [0.25, 0.3) is 0 Å². The number of carbonyl (C=O) groups is 1. The molecule has 3 aliphatic heterocycles. The van der Waals surface area contributed by atoms with Crippen LogP contribution in [-0.2, 0) is 33.2 Å². The summed E-state index contributed by atoms with van der Waals surface area (Å²) >= 11 is 0. The van der Waals surface area contributed by atoms with Crippen LogP contribution in [0.15, 0.2) is 11.5 Å². The van der Waals surface area contributed by atoms with Crippen LogP contribution in [0.4, 0.5) is 0 Å². The fourth-order valence-corrected chi connectivity index (χ4v) is 2.63. The molecule has 2 fully saturated rings. The van der Waals surface area contributed by atoms with Gasteiger partial charge in [0, 0.05) is 6.92 Å². The molecule has 0 radical (unpaired) electrons. The van der Waals surface area contributed by atoms with Gasteiger partial charge >= 0.3 is 5.97 Å². The Balaban J connectivity index is 1.87. The fraction of sp³-hybridized carbons (Fsp3) is 0.786. The van der Waals surface area contributed by atoms with Crippen molar-refractivity contribution >= 4 is 5.97 Å². The van der Waals surface area contributed by atoms with Crippen LogP contribution in [0.1, 0.15) is 34.6 Å². The van der Waals surface area contributed by atoms with Gasteiger partial charge in [-0.2, -0.15) is 0 Å². The molecule has 2 unspecified atom stereocenters. The average molecular weight is 300 g/mol. The molecule has 0 aliphatic carbocycles. The summed E-state index contributed by atoms with van der Waals surface area (Å²) in [7, 11) is 0. The zero-order chi connectivity index (χ0) is 15.4. The molecule has 0 saturated carbocycles. The molecule has 0 amide bonds. The summed E-state index contributed by atoms with van der Waals surface area (Å²) in [5, 5.41) is 0. The SMILES string of the molecule is CC(=O)OC1=C(C2COC(C)(C)O2)O[C@@H]2OC(C)(C)OC12. The zero-order valence-electron chi connectivity index (χ0n) is 12.8. The lowest BCUT2D eigenvalue weighted by molar-refractivity contribution is -0.190. The molecule has 118 valence electrons. The van der Waals surface area contributed by atoms with E-state index in [1.165, 1.54) is 6.92 Å². The first-order valence-corrected chi connectivity index (χ1v) is 6.93. The lowest BCUT2D eigenvalue weighted by Crippen LogP contribution is -2.26. The van der Waals surface area contributed by atoms with Crippen molar-refractivity contribution in [3.05, 3.63) is 11.5 Å². The third-order valence-electron chi connectivity index (χ3n) is 3.36. The van der Waals surface area contributed by atoms with E-state index in [-0.39, 0.29) is 0 Å². The summed E-state index contributed by atoms with van der Waals surface area (Å²) in [6, 6.07) is 0. The Labute approximate surface area is 123 Å². The number of fused-ring (bicyclic) bond motifs is 1. The van der Waals surface area contributed by atoms with Crippen LogP contribution < -0.4 is 0 Å². The van der Waals surface area contributed by atoms with Gasteiger partial charge in [0.1, 0.15) is 6.10 Å². The molecule has 0 spiro atoms. The van der Waals surface area contributed by atoms with Gasteiger partial charge in [0.05, 0.1) is 6.61 Å². The summed E-state index contributed by atoms with van der Waals surface area (Å²) in [5.41, 5.74) is 0. The van der Waals surface area contributed by atoms with E-state index in [1.807, 2.05) is 13.8 Å². The predicted octanol–water partition coefficient (Wildman–Crippen LogP) is 1.42. The molecule has 3 heterocycles. The molecular weight excluding hydrogens is 280 g/mol. The Bertz CT molecular complexity index is 494. The molecule has 21 heavy (non-hydrogen) atoms. The van der Waals surface area contributed by atoms with E-state index in [0.717, 1.165) is 0 Å². The molecular formula is C14H20O7. The summed E-state index contributed by atoms with van der Waals surface area (Å²) in [5.74, 6) is -1.23. The standard InChI is InChI=1S/C14H20O7/c1-7(15)17-10-9(8-6-16-13(2,3)19-8)18-12-11(10)20-14(4,5)21-12/h8,11-12H,6H2,1-5H3/t8?,11?,12-/m1/s1. The fourth-order valence-electron chi connectivity index (χ4n) is 2.63. The third kappa shape index (κ3) is 2.78. The highest BCUT2D eigenvalue weighted by Crippen LogP contribution is 2.43. The summed E-state index contributed by atoms with van der Waals surface area (Å²) < 4.78 is 33.7. The molecule has 7 heteroatoms. The van der Waals surface area contributed by atoms with Crippen molar-refractivity contribution < 1.29 is 33.2 Å². The number of rotatable bonds is 2. The Hall–Kier alpha value is -1.15. The zero-order valence-corrected chi connectivity index (χ0v) is 12.8. The van der Waals surface area contributed by atoms with Gasteiger partial charge < -0.3 is 28.4 Å². The molecule has 3 atom stereocenters. The van der Waals surface area contributed by atoms with Crippen molar-refractivity contribution in [2.75, 3.05) is 6.61 Å². The highest BCUT2D eigenvalue weighted by atomic mass is 16.8. The van der Waals surface area contributed by atoms with Crippen LogP contribution in [-0.4, -0.2) is 42.6 Å². The topological polar surface area (TPSA) is 72.5 Å². The lowest BCUT2D eigenvalue weighted by Gasteiger charge is -2.21. The van der Waals surface area contributed by atoms with Crippen molar-refractivity contribution in [2.24, 2.45) is 0 Å². The highest BCUT2D eigenvalue weighted by Gasteiger charge is 2.54. The number of esters is 1. The molecule has 3 aliphatic rings. The van der Waals surface area contributed by atoms with E-state index >= 15 is 0 Å². The second-order valence-electron chi connectivity index (χ2n) is 6.18. The quantitative estimate of drug-likeness (QED) is 0.714. The normalized spacial score (nSPS) is 36.5. The van der Waals surface area contributed by atoms with E-state index in [2.05, 4.69) is 0 Å². The number of hydrogen-bond acceptors (Lipinski definition) is 7. The first kappa shape index (κ1) is 14.8. The Morgan fingerprint density at radius 1 is 1.14 bits per heavy atom. The Kier molecular flexibility index (Phi) is 3.29. The predicted molar refractivity (Wildman–Crippen MR) is 68.6 cm³/mol. The van der Waals surface area contributed by atoms with Crippen LogP contribution >= 0.6 is 0 Å². The maximum atomic E-state index is 11.4. The van der Waals surface area contributed by atoms with Crippen LogP contribution in [0.2, 0.25) is 0 Å². The Morgan fingerprint density at radius 3 is 2.43 bits per heavy atom. The highest BCUT2D eigenvalue weighted by molar-refractivity contribution is 5.67. The Morgan fingerprint density at radius 2 is 1.86 bits per heavy atom. The van der Waals surface area contributed by atoms with E-state index in [0.29, 0.717) is 18.1 Å². The minimum absolute atomic E-state index is 0.310. The monoisotopic (exact) mass is 300 g/mol. The van der Waals surface area contributed by atoms with E-state index in [1.54, 1.807) is 13.8 Å². The van der Waals surface area contributed by atoms with Gasteiger partial charge in [-0.1, -0.05) is 0 Å². The second kappa shape index (κ2) is 4.67. The third-order valence-corrected chi connectivity index (χ3v) is 3.36. The largest absolute Gasteiger partial charge is 0.459 e. The van der Waals surface area contributed by atoms with Gasteiger partial charge in [0.2, 0.25) is 6.29 Å². The lowest BCUT2D eigenvalue weighted by atomic mass is 10.2. The van der Waals surface area contributed by atoms with E-state index in [4.69, 9.17) is 28.4 Å². The molecule has 3 rings (SSSR count). The summed E-state index contributed by atoms with van der Waals surface area (Å²) in [4.78, 5) is 11.4. The van der Waals surface area contributed by atoms with Crippen molar-refractivity contribution in [1.29, 1.82) is 0 Å². The molecule has 0 N–H and O–H groups in total. The van der Waals surface area contributed by atoms with Gasteiger partial charge in [-0.3, -0.25) is 4.79 Å². The average Bonchev–Trinajstić information content (AvgIpc) is 2.90. The number of ether oxygens (including phenoxy) is 6. The molecule has 0 aromatic rings. The van der Waals surface area contributed by atoms with Crippen molar-refractivity contribution in [3.8, 4) is 0 Å². The minimum atomic E-state index is -0.793. The van der Waals surface area contributed by atoms with Crippen molar-refractivity contribution in [2.45, 2.75) is 64.7 Å². The maximum absolute atomic E-state index is 11.4. The van der Waals surface area contributed by atoms with Crippen molar-refractivity contribution in [1.82, 2.24) is 0 Å². The maximum Gasteiger partial charge on any atom is 0.307 e. The van der Waals surface area contributed by atoms with Gasteiger partial charge in [-0.25, -0.2) is 0 Å². The van der Waals surface area contributed by atoms with Crippen LogP contribution in [0.3, 0.4) is 0 Å².